The maximum atomic E-state index is 2.86. The van der Waals surface area contributed by atoms with Crippen molar-refractivity contribution >= 4 is 5.69 Å². The fraction of sp³-hybridized carbons (Fsp3) is 0.727. The molecule has 0 aromatic heterocycles. The van der Waals surface area contributed by atoms with Crippen LogP contribution in [0, 0.1) is 0 Å². The van der Waals surface area contributed by atoms with Gasteiger partial charge in [-0.15, -0.1) is 0 Å². The van der Waals surface area contributed by atoms with Gasteiger partial charge in [0.05, 0.1) is 0 Å². The normalized spacial score (nSPS) is 28.0. The van der Waals surface area contributed by atoms with Crippen molar-refractivity contribution in [3.63, 3.8) is 0 Å². The summed E-state index contributed by atoms with van der Waals surface area (Å²) >= 11 is 0. The Morgan fingerprint density at radius 2 is 1.28 bits per heavy atom. The lowest BCUT2D eigenvalue weighted by Gasteiger charge is -2.45. The Labute approximate surface area is 154 Å². The van der Waals surface area contributed by atoms with Crippen LogP contribution in [-0.4, -0.2) is 61.2 Å². The standard InChI is InChI=1S/C22H35N3/c1-2-5-12-21(11-4-1)25-14-8-13-22(19-25)24-17-15-23(16-18-24)20-9-6-3-7-10-20/h3,6-7,9-10,21-22H,1-2,4-5,8,11-19H2/t22-/m1/s1. The van der Waals surface area contributed by atoms with Crippen LogP contribution in [0.5, 0.6) is 0 Å². The van der Waals surface area contributed by atoms with Crippen molar-refractivity contribution in [1.29, 1.82) is 0 Å². The average molecular weight is 342 g/mol. The van der Waals surface area contributed by atoms with Gasteiger partial charge in [0.25, 0.3) is 0 Å². The van der Waals surface area contributed by atoms with E-state index in [-0.39, 0.29) is 0 Å². The van der Waals surface area contributed by atoms with E-state index in [1.54, 1.807) is 0 Å². The first-order valence-electron chi connectivity index (χ1n) is 10.7. The second kappa shape index (κ2) is 8.55. The van der Waals surface area contributed by atoms with Crippen molar-refractivity contribution in [2.45, 2.75) is 63.5 Å². The van der Waals surface area contributed by atoms with Crippen molar-refractivity contribution in [1.82, 2.24) is 9.80 Å². The molecule has 0 bridgehead atoms. The molecule has 25 heavy (non-hydrogen) atoms. The Hall–Kier alpha value is -1.06. The Morgan fingerprint density at radius 1 is 0.600 bits per heavy atom. The largest absolute Gasteiger partial charge is 0.369 e. The zero-order valence-electron chi connectivity index (χ0n) is 15.8. The molecular weight excluding hydrogens is 306 g/mol. The fourth-order valence-corrected chi connectivity index (χ4v) is 5.22. The van der Waals surface area contributed by atoms with Crippen LogP contribution in [0.1, 0.15) is 51.4 Å². The summed E-state index contributed by atoms with van der Waals surface area (Å²) in [6, 6.07) is 12.6. The van der Waals surface area contributed by atoms with Gasteiger partial charge in [-0.2, -0.15) is 0 Å². The number of hydrogen-bond donors (Lipinski definition) is 0. The summed E-state index contributed by atoms with van der Waals surface area (Å²) in [5, 5.41) is 0. The summed E-state index contributed by atoms with van der Waals surface area (Å²) < 4.78 is 0. The molecule has 1 aromatic rings. The molecule has 1 saturated carbocycles. The third-order valence-electron chi connectivity index (χ3n) is 6.72. The number of anilines is 1. The predicted molar refractivity (Wildman–Crippen MR) is 106 cm³/mol. The van der Waals surface area contributed by atoms with Crippen molar-refractivity contribution in [2.24, 2.45) is 0 Å². The van der Waals surface area contributed by atoms with E-state index in [4.69, 9.17) is 0 Å². The van der Waals surface area contributed by atoms with Gasteiger partial charge in [-0.05, 0) is 44.4 Å². The number of para-hydroxylation sites is 1. The highest BCUT2D eigenvalue weighted by atomic mass is 15.3. The predicted octanol–water partition coefficient (Wildman–Crippen LogP) is 4.00. The molecule has 4 rings (SSSR count). The van der Waals surface area contributed by atoms with Gasteiger partial charge < -0.3 is 4.90 Å². The highest BCUT2D eigenvalue weighted by Crippen LogP contribution is 2.27. The highest BCUT2D eigenvalue weighted by Gasteiger charge is 2.31. The zero-order valence-corrected chi connectivity index (χ0v) is 15.8. The fourth-order valence-electron chi connectivity index (χ4n) is 5.22. The van der Waals surface area contributed by atoms with Gasteiger partial charge in [-0.3, -0.25) is 9.80 Å². The van der Waals surface area contributed by atoms with Crippen molar-refractivity contribution in [2.75, 3.05) is 44.2 Å². The molecule has 3 fully saturated rings. The quantitative estimate of drug-likeness (QED) is 0.770. The first-order valence-corrected chi connectivity index (χ1v) is 10.7. The van der Waals surface area contributed by atoms with Crippen molar-refractivity contribution in [3.05, 3.63) is 30.3 Å². The number of piperidine rings is 1. The van der Waals surface area contributed by atoms with Gasteiger partial charge in [0, 0.05) is 50.5 Å². The maximum Gasteiger partial charge on any atom is 0.0367 e. The van der Waals surface area contributed by atoms with E-state index >= 15 is 0 Å². The third kappa shape index (κ3) is 4.38. The molecule has 0 radical (unpaired) electrons. The highest BCUT2D eigenvalue weighted by molar-refractivity contribution is 5.46. The summed E-state index contributed by atoms with van der Waals surface area (Å²) in [6.45, 7) is 7.52. The van der Waals surface area contributed by atoms with Gasteiger partial charge in [-0.25, -0.2) is 0 Å². The van der Waals surface area contributed by atoms with Crippen LogP contribution in [0.3, 0.4) is 0 Å². The van der Waals surface area contributed by atoms with Gasteiger partial charge in [-0.1, -0.05) is 43.9 Å². The first-order chi connectivity index (χ1) is 12.4. The number of rotatable bonds is 3. The summed E-state index contributed by atoms with van der Waals surface area (Å²) in [7, 11) is 0. The smallest absolute Gasteiger partial charge is 0.0367 e. The van der Waals surface area contributed by atoms with Crippen LogP contribution >= 0.6 is 0 Å². The minimum Gasteiger partial charge on any atom is -0.369 e. The Bertz CT molecular complexity index is 501. The van der Waals surface area contributed by atoms with E-state index in [9.17, 15) is 0 Å². The zero-order chi connectivity index (χ0) is 16.9. The Morgan fingerprint density at radius 3 is 2.00 bits per heavy atom. The second-order valence-corrected chi connectivity index (χ2v) is 8.29. The number of likely N-dealkylation sites (tertiary alicyclic amines) is 1. The molecule has 3 aliphatic rings. The molecule has 3 nitrogen and oxygen atoms in total. The molecule has 0 N–H and O–H groups in total. The van der Waals surface area contributed by atoms with Gasteiger partial charge in [0.1, 0.15) is 0 Å². The number of benzene rings is 1. The van der Waals surface area contributed by atoms with Crippen LogP contribution in [0.15, 0.2) is 30.3 Å². The molecule has 138 valence electrons. The van der Waals surface area contributed by atoms with E-state index in [1.807, 2.05) is 0 Å². The number of piperazine rings is 1. The summed E-state index contributed by atoms with van der Waals surface area (Å²) in [5.41, 5.74) is 1.39. The molecule has 1 aliphatic carbocycles. The van der Waals surface area contributed by atoms with Crippen LogP contribution < -0.4 is 4.90 Å². The minimum absolute atomic E-state index is 0.801. The molecule has 0 unspecified atom stereocenters. The average Bonchev–Trinajstić information content (AvgIpc) is 2.99. The van der Waals surface area contributed by atoms with Crippen LogP contribution in [0.25, 0.3) is 0 Å². The lowest BCUT2D eigenvalue weighted by atomic mass is 9.98. The molecule has 2 heterocycles. The molecule has 2 aliphatic heterocycles. The lowest BCUT2D eigenvalue weighted by molar-refractivity contribution is 0.0624. The number of nitrogens with zero attached hydrogens (tertiary/aromatic N) is 3. The Kier molecular flexibility index (Phi) is 5.94. The maximum absolute atomic E-state index is 2.86. The molecular formula is C22H35N3. The van der Waals surface area contributed by atoms with Gasteiger partial charge >= 0.3 is 0 Å². The van der Waals surface area contributed by atoms with E-state index < -0.39 is 0 Å². The lowest BCUT2D eigenvalue weighted by Crippen LogP contribution is -2.56. The molecule has 2 saturated heterocycles. The van der Waals surface area contributed by atoms with Crippen molar-refractivity contribution < 1.29 is 0 Å². The Balaban J connectivity index is 1.30. The minimum atomic E-state index is 0.801. The van der Waals surface area contributed by atoms with Crippen LogP contribution in [0.4, 0.5) is 5.69 Å². The molecule has 1 atom stereocenters. The molecule has 3 heteroatoms. The second-order valence-electron chi connectivity index (χ2n) is 8.29. The molecule has 0 spiro atoms. The van der Waals surface area contributed by atoms with Crippen molar-refractivity contribution in [3.8, 4) is 0 Å². The molecule has 1 aromatic carbocycles. The topological polar surface area (TPSA) is 9.72 Å². The van der Waals surface area contributed by atoms with E-state index in [0.717, 1.165) is 12.1 Å². The van der Waals surface area contributed by atoms with Gasteiger partial charge in [0.2, 0.25) is 0 Å². The summed E-state index contributed by atoms with van der Waals surface area (Å²) in [4.78, 5) is 8.22. The van der Waals surface area contributed by atoms with E-state index in [0.29, 0.717) is 0 Å². The van der Waals surface area contributed by atoms with Gasteiger partial charge in [0.15, 0.2) is 0 Å². The van der Waals surface area contributed by atoms with E-state index in [1.165, 1.54) is 96.3 Å². The number of hydrogen-bond acceptors (Lipinski definition) is 3. The van der Waals surface area contributed by atoms with E-state index in [2.05, 4.69) is 45.0 Å². The monoisotopic (exact) mass is 341 g/mol. The summed E-state index contributed by atoms with van der Waals surface area (Å²) in [5.74, 6) is 0. The SMILES string of the molecule is c1ccc(N2CCN([C@@H]3CCCN(C4CCCCCC4)C3)CC2)cc1. The van der Waals surface area contributed by atoms with Crippen LogP contribution in [-0.2, 0) is 0 Å². The first kappa shape index (κ1) is 17.4. The van der Waals surface area contributed by atoms with Crippen LogP contribution in [0.2, 0.25) is 0 Å². The summed E-state index contributed by atoms with van der Waals surface area (Å²) in [6.07, 6.45) is 11.6. The molecule has 0 amide bonds. The third-order valence-corrected chi connectivity index (χ3v) is 6.72.